The Kier molecular flexibility index (Phi) is 5.12. The second kappa shape index (κ2) is 7.05. The Balaban J connectivity index is 1.95. The largest absolute Gasteiger partial charge is 0.489 e. The quantitative estimate of drug-likeness (QED) is 0.749. The first-order chi connectivity index (χ1) is 9.70. The Morgan fingerprint density at radius 2 is 1.55 bits per heavy atom. The highest BCUT2D eigenvalue weighted by Crippen LogP contribution is 2.21. The monoisotopic (exact) mass is 274 g/mol. The molecule has 0 unspecified atom stereocenters. The minimum Gasteiger partial charge on any atom is -0.489 e. The molecule has 4 nitrogen and oxygen atoms in total. The SMILES string of the molecule is OC[C@H](O)[C@@H](O)c1ccc(OCc2ccccc2)cc1. The topological polar surface area (TPSA) is 69.9 Å². The Labute approximate surface area is 117 Å². The summed E-state index contributed by atoms with van der Waals surface area (Å²) in [6.45, 7) is -0.00453. The first kappa shape index (κ1) is 14.5. The van der Waals surface area contributed by atoms with Crippen molar-refractivity contribution in [2.75, 3.05) is 6.61 Å². The van der Waals surface area contributed by atoms with Crippen LogP contribution in [0.1, 0.15) is 17.2 Å². The summed E-state index contributed by atoms with van der Waals surface area (Å²) >= 11 is 0. The fraction of sp³-hybridized carbons (Fsp3) is 0.250. The van der Waals surface area contributed by atoms with Gasteiger partial charge in [0.25, 0.3) is 0 Å². The molecule has 106 valence electrons. The smallest absolute Gasteiger partial charge is 0.119 e. The maximum atomic E-state index is 9.74. The standard InChI is InChI=1S/C16H18O4/c17-10-15(18)16(19)13-6-8-14(9-7-13)20-11-12-4-2-1-3-5-12/h1-9,15-19H,10-11H2/t15-,16-/m0/s1. The van der Waals surface area contributed by atoms with Crippen LogP contribution in [0.2, 0.25) is 0 Å². The zero-order valence-electron chi connectivity index (χ0n) is 11.0. The van der Waals surface area contributed by atoms with Crippen LogP contribution in [0.5, 0.6) is 5.75 Å². The third-order valence-electron chi connectivity index (χ3n) is 3.02. The highest BCUT2D eigenvalue weighted by Gasteiger charge is 2.16. The van der Waals surface area contributed by atoms with Crippen molar-refractivity contribution in [3.8, 4) is 5.75 Å². The van der Waals surface area contributed by atoms with Gasteiger partial charge in [-0.05, 0) is 23.3 Å². The van der Waals surface area contributed by atoms with Crippen LogP contribution in [0, 0.1) is 0 Å². The summed E-state index contributed by atoms with van der Waals surface area (Å²) in [5.41, 5.74) is 1.62. The van der Waals surface area contributed by atoms with Crippen LogP contribution < -0.4 is 4.74 Å². The van der Waals surface area contributed by atoms with Gasteiger partial charge >= 0.3 is 0 Å². The Hall–Kier alpha value is -1.88. The van der Waals surface area contributed by atoms with Crippen molar-refractivity contribution in [2.24, 2.45) is 0 Å². The summed E-state index contributed by atoms with van der Waals surface area (Å²) < 4.78 is 5.62. The van der Waals surface area contributed by atoms with Crippen molar-refractivity contribution in [3.63, 3.8) is 0 Å². The van der Waals surface area contributed by atoms with Crippen molar-refractivity contribution in [1.29, 1.82) is 0 Å². The molecule has 0 bridgehead atoms. The normalized spacial score (nSPS) is 13.8. The molecule has 0 spiro atoms. The molecule has 0 saturated heterocycles. The number of benzene rings is 2. The molecule has 0 aromatic heterocycles. The van der Waals surface area contributed by atoms with E-state index in [0.717, 1.165) is 5.56 Å². The van der Waals surface area contributed by atoms with Crippen molar-refractivity contribution >= 4 is 0 Å². The molecule has 0 saturated carbocycles. The molecule has 3 N–H and O–H groups in total. The molecule has 0 radical (unpaired) electrons. The van der Waals surface area contributed by atoms with Crippen LogP contribution in [-0.4, -0.2) is 28.0 Å². The summed E-state index contributed by atoms with van der Waals surface area (Å²) in [4.78, 5) is 0. The van der Waals surface area contributed by atoms with Crippen LogP contribution in [0.15, 0.2) is 54.6 Å². The minimum atomic E-state index is -1.17. The average molecular weight is 274 g/mol. The van der Waals surface area contributed by atoms with Gasteiger partial charge in [-0.2, -0.15) is 0 Å². The third kappa shape index (κ3) is 3.81. The van der Waals surface area contributed by atoms with Crippen molar-refractivity contribution < 1.29 is 20.1 Å². The number of aliphatic hydroxyl groups excluding tert-OH is 3. The van der Waals surface area contributed by atoms with E-state index < -0.39 is 18.8 Å². The number of aliphatic hydroxyl groups is 3. The molecule has 4 heteroatoms. The maximum Gasteiger partial charge on any atom is 0.119 e. The Morgan fingerprint density at radius 3 is 2.15 bits per heavy atom. The zero-order chi connectivity index (χ0) is 14.4. The predicted molar refractivity (Wildman–Crippen MR) is 75.3 cm³/mol. The van der Waals surface area contributed by atoms with E-state index in [1.807, 2.05) is 30.3 Å². The van der Waals surface area contributed by atoms with Gasteiger partial charge in [-0.15, -0.1) is 0 Å². The Bertz CT molecular complexity index is 510. The number of hydrogen-bond donors (Lipinski definition) is 3. The zero-order valence-corrected chi connectivity index (χ0v) is 11.0. The first-order valence-electron chi connectivity index (χ1n) is 6.44. The van der Waals surface area contributed by atoms with E-state index in [0.29, 0.717) is 17.9 Å². The van der Waals surface area contributed by atoms with Gasteiger partial charge in [-0.25, -0.2) is 0 Å². The highest BCUT2D eigenvalue weighted by atomic mass is 16.5. The van der Waals surface area contributed by atoms with Gasteiger partial charge in [0.05, 0.1) is 6.61 Å². The van der Waals surface area contributed by atoms with E-state index in [4.69, 9.17) is 9.84 Å². The molecule has 0 heterocycles. The van der Waals surface area contributed by atoms with Gasteiger partial charge in [-0.1, -0.05) is 42.5 Å². The lowest BCUT2D eigenvalue weighted by molar-refractivity contribution is -0.0152. The molecule has 2 aromatic rings. The molecule has 20 heavy (non-hydrogen) atoms. The lowest BCUT2D eigenvalue weighted by Crippen LogP contribution is -2.21. The second-order valence-electron chi connectivity index (χ2n) is 4.54. The molecule has 0 amide bonds. The average Bonchev–Trinajstić information content (AvgIpc) is 2.53. The number of rotatable bonds is 6. The summed E-state index contributed by atoms with van der Waals surface area (Å²) in [6, 6.07) is 16.6. The van der Waals surface area contributed by atoms with Crippen LogP contribution in [-0.2, 0) is 6.61 Å². The molecule has 0 aliphatic heterocycles. The summed E-state index contributed by atoms with van der Waals surface area (Å²) in [5.74, 6) is 0.684. The predicted octanol–water partition coefficient (Wildman–Crippen LogP) is 1.65. The number of hydrogen-bond acceptors (Lipinski definition) is 4. The van der Waals surface area contributed by atoms with Crippen molar-refractivity contribution in [1.82, 2.24) is 0 Å². The lowest BCUT2D eigenvalue weighted by atomic mass is 10.1. The fourth-order valence-corrected chi connectivity index (χ4v) is 1.82. The van der Waals surface area contributed by atoms with Gasteiger partial charge in [0, 0.05) is 0 Å². The van der Waals surface area contributed by atoms with Crippen molar-refractivity contribution in [2.45, 2.75) is 18.8 Å². The summed E-state index contributed by atoms with van der Waals surface area (Å²) in [6.07, 6.45) is -2.27. The van der Waals surface area contributed by atoms with Gasteiger partial charge in [-0.3, -0.25) is 0 Å². The molecule has 0 aliphatic rings. The minimum absolute atomic E-state index is 0.474. The van der Waals surface area contributed by atoms with E-state index in [-0.39, 0.29) is 0 Å². The first-order valence-corrected chi connectivity index (χ1v) is 6.44. The molecular formula is C16H18O4. The van der Waals surface area contributed by atoms with Crippen LogP contribution in [0.4, 0.5) is 0 Å². The second-order valence-corrected chi connectivity index (χ2v) is 4.54. The number of ether oxygens (including phenoxy) is 1. The highest BCUT2D eigenvalue weighted by molar-refractivity contribution is 5.29. The van der Waals surface area contributed by atoms with Gasteiger partial charge < -0.3 is 20.1 Å². The van der Waals surface area contributed by atoms with Gasteiger partial charge in [0.1, 0.15) is 24.6 Å². The van der Waals surface area contributed by atoms with E-state index in [2.05, 4.69) is 0 Å². The van der Waals surface area contributed by atoms with E-state index in [9.17, 15) is 10.2 Å². The van der Waals surface area contributed by atoms with Crippen LogP contribution in [0.25, 0.3) is 0 Å². The molecule has 2 aromatic carbocycles. The van der Waals surface area contributed by atoms with E-state index >= 15 is 0 Å². The third-order valence-corrected chi connectivity index (χ3v) is 3.02. The maximum absolute atomic E-state index is 9.74. The lowest BCUT2D eigenvalue weighted by Gasteiger charge is -2.16. The van der Waals surface area contributed by atoms with Gasteiger partial charge in [0.2, 0.25) is 0 Å². The summed E-state index contributed by atoms with van der Waals surface area (Å²) in [5, 5.41) is 27.9. The van der Waals surface area contributed by atoms with E-state index in [1.165, 1.54) is 0 Å². The van der Waals surface area contributed by atoms with Crippen LogP contribution in [0.3, 0.4) is 0 Å². The van der Waals surface area contributed by atoms with E-state index in [1.54, 1.807) is 24.3 Å². The summed E-state index contributed by atoms with van der Waals surface area (Å²) in [7, 11) is 0. The Morgan fingerprint density at radius 1 is 0.900 bits per heavy atom. The fourth-order valence-electron chi connectivity index (χ4n) is 1.82. The van der Waals surface area contributed by atoms with Crippen molar-refractivity contribution in [3.05, 3.63) is 65.7 Å². The molecule has 0 fully saturated rings. The molecular weight excluding hydrogens is 256 g/mol. The molecule has 2 rings (SSSR count). The molecule has 2 atom stereocenters. The van der Waals surface area contributed by atoms with Crippen LogP contribution >= 0.6 is 0 Å². The van der Waals surface area contributed by atoms with Gasteiger partial charge in [0.15, 0.2) is 0 Å². The molecule has 0 aliphatic carbocycles.